The van der Waals surface area contributed by atoms with Crippen LogP contribution in [-0.2, 0) is 19.7 Å². The molecule has 1 rings (SSSR count). The van der Waals surface area contributed by atoms with Gasteiger partial charge < -0.3 is 39.3 Å². The molecule has 1 unspecified atom stereocenters. The van der Waals surface area contributed by atoms with E-state index in [1.165, 1.54) is 31.2 Å². The molecule has 1 aromatic rings. The number of unbranched alkanes of at least 4 members (excludes halogenated alkanes) is 4. The first-order valence-electron chi connectivity index (χ1n) is 14.5. The van der Waals surface area contributed by atoms with Gasteiger partial charge in [-0.3, -0.25) is 0 Å². The Labute approximate surface area is 251 Å². The van der Waals surface area contributed by atoms with Gasteiger partial charge in [-0.25, -0.2) is 4.31 Å². The lowest BCUT2D eigenvalue weighted by molar-refractivity contribution is -0.0328. The van der Waals surface area contributed by atoms with Gasteiger partial charge in [0.15, 0.2) is 0 Å². The molecule has 0 bridgehead atoms. The molecular weight excluding hydrogens is 566 g/mol. The fourth-order valence-corrected chi connectivity index (χ4v) is 5.29. The molecule has 0 aliphatic heterocycles. The lowest BCUT2D eigenvalue weighted by atomic mass is 9.78. The summed E-state index contributed by atoms with van der Waals surface area (Å²) < 4.78 is 17.5. The zero-order valence-electron chi connectivity index (χ0n) is 26.8. The Morgan fingerprint density at radius 2 is 1.17 bits per heavy atom. The van der Waals surface area contributed by atoms with Gasteiger partial charge in [-0.2, -0.15) is 0 Å². The summed E-state index contributed by atoms with van der Waals surface area (Å²) in [5.74, 6) is 1.49. The summed E-state index contributed by atoms with van der Waals surface area (Å²) in [6.45, 7) is 18.3. The molecule has 0 aliphatic carbocycles. The molecule has 0 saturated heterocycles. The van der Waals surface area contributed by atoms with Gasteiger partial charge in [0.25, 0.3) is 0 Å². The Kier molecular flexibility index (Phi) is 19.5. The lowest BCUT2D eigenvalue weighted by Gasteiger charge is -2.31. The van der Waals surface area contributed by atoms with Crippen molar-refractivity contribution in [2.24, 2.45) is 11.3 Å². The maximum absolute atomic E-state index is 9.50. The van der Waals surface area contributed by atoms with E-state index in [0.29, 0.717) is 6.61 Å². The van der Waals surface area contributed by atoms with Crippen molar-refractivity contribution in [2.45, 2.75) is 112 Å². The van der Waals surface area contributed by atoms with Crippen LogP contribution in [0.15, 0.2) is 12.1 Å². The Hall–Kier alpha value is -0.440. The van der Waals surface area contributed by atoms with Gasteiger partial charge >= 0.3 is 17.2 Å². The molecular formula is C30H58O9P2. The van der Waals surface area contributed by atoms with Gasteiger partial charge in [0.1, 0.15) is 5.75 Å². The van der Waals surface area contributed by atoms with E-state index in [1.54, 1.807) is 0 Å². The first-order chi connectivity index (χ1) is 19.0. The minimum atomic E-state index is -2.58. The number of aliphatic hydroxyl groups is 4. The third kappa shape index (κ3) is 16.3. The van der Waals surface area contributed by atoms with Gasteiger partial charge in [0.2, 0.25) is 0 Å². The van der Waals surface area contributed by atoms with Crippen LogP contribution in [0, 0.1) is 18.3 Å². The van der Waals surface area contributed by atoms with Crippen LogP contribution in [0.3, 0.4) is 0 Å². The molecule has 0 aromatic heterocycles. The van der Waals surface area contributed by atoms with Crippen molar-refractivity contribution in [3.63, 3.8) is 0 Å². The smallest absolute Gasteiger partial charge is 0.404 e. The quantitative estimate of drug-likeness (QED) is 0.0858. The topological polar surface area (TPSA) is 149 Å². The fraction of sp³-hybridized carbons (Fsp3) is 0.800. The van der Waals surface area contributed by atoms with Crippen LogP contribution in [-0.4, -0.2) is 63.2 Å². The van der Waals surface area contributed by atoms with E-state index in [2.05, 4.69) is 74.4 Å². The molecule has 0 amide bonds. The van der Waals surface area contributed by atoms with Crippen LogP contribution >= 0.6 is 17.2 Å². The molecule has 0 fully saturated rings. The Morgan fingerprint density at radius 1 is 0.732 bits per heavy atom. The Bertz CT molecular complexity index is 780. The largest absolute Gasteiger partial charge is 0.426 e. The Balaban J connectivity index is 0.00000152. The predicted molar refractivity (Wildman–Crippen MR) is 168 cm³/mol. The van der Waals surface area contributed by atoms with E-state index in [-0.39, 0.29) is 10.8 Å². The lowest BCUT2D eigenvalue weighted by Crippen LogP contribution is -2.37. The molecule has 242 valence electrons. The summed E-state index contributed by atoms with van der Waals surface area (Å²) in [6.07, 6.45) is 6.96. The van der Waals surface area contributed by atoms with Crippen molar-refractivity contribution >= 4 is 17.2 Å². The van der Waals surface area contributed by atoms with Crippen LogP contribution in [0.4, 0.5) is 0 Å². The second kappa shape index (κ2) is 19.8. The number of hydrogen-bond acceptors (Lipinski definition) is 9. The highest BCUT2D eigenvalue weighted by atomic mass is 31.2. The minimum absolute atomic E-state index is 0.151. The monoisotopic (exact) mass is 624 g/mol. The number of benzene rings is 1. The standard InChI is InChI=1S/C25H46O5P2.C5H12O4/c1-19(2)15-13-11-10-12-14-16-28-32(30-31(26)27)29-23-21(24(4,5)6)17-20(3)18-22(23)25(7,8)9;6-1-5(2-7,3-8)4-9/h17-19,26-27H,10-16H2,1-9H3;6-9H,1-4H2. The number of rotatable bonds is 17. The van der Waals surface area contributed by atoms with Gasteiger partial charge in [-0.1, -0.05) is 105 Å². The van der Waals surface area contributed by atoms with Crippen molar-refractivity contribution in [3.05, 3.63) is 28.8 Å². The maximum Gasteiger partial charge on any atom is 0.404 e. The van der Waals surface area contributed by atoms with Crippen LogP contribution in [0.1, 0.15) is 111 Å². The molecule has 41 heavy (non-hydrogen) atoms. The van der Waals surface area contributed by atoms with Crippen LogP contribution < -0.4 is 4.52 Å². The highest BCUT2D eigenvalue weighted by molar-refractivity contribution is 7.54. The molecule has 0 heterocycles. The highest BCUT2D eigenvalue weighted by Crippen LogP contribution is 2.54. The first-order valence-corrected chi connectivity index (χ1v) is 16.8. The van der Waals surface area contributed by atoms with Crippen molar-refractivity contribution in [2.75, 3.05) is 33.0 Å². The molecule has 0 spiro atoms. The average Bonchev–Trinajstić information content (AvgIpc) is 2.86. The van der Waals surface area contributed by atoms with Gasteiger partial charge in [0, 0.05) is 11.1 Å². The minimum Gasteiger partial charge on any atom is -0.426 e. The Morgan fingerprint density at radius 3 is 1.54 bits per heavy atom. The van der Waals surface area contributed by atoms with Gasteiger partial charge in [-0.05, 0) is 30.1 Å². The van der Waals surface area contributed by atoms with E-state index < -0.39 is 49.0 Å². The molecule has 1 aromatic carbocycles. The van der Waals surface area contributed by atoms with Crippen molar-refractivity contribution in [1.82, 2.24) is 0 Å². The molecule has 9 nitrogen and oxygen atoms in total. The third-order valence-corrected chi connectivity index (χ3v) is 8.46. The zero-order valence-corrected chi connectivity index (χ0v) is 28.6. The normalized spacial score (nSPS) is 13.4. The van der Waals surface area contributed by atoms with E-state index in [9.17, 15) is 9.79 Å². The molecule has 11 heteroatoms. The number of aliphatic hydroxyl groups excluding tert-OH is 4. The van der Waals surface area contributed by atoms with Crippen molar-refractivity contribution in [1.29, 1.82) is 0 Å². The first kappa shape index (κ1) is 40.6. The third-order valence-electron chi connectivity index (χ3n) is 6.62. The van der Waals surface area contributed by atoms with Crippen LogP contribution in [0.5, 0.6) is 5.75 Å². The summed E-state index contributed by atoms with van der Waals surface area (Å²) >= 11 is 0. The van der Waals surface area contributed by atoms with Crippen molar-refractivity contribution in [3.8, 4) is 5.75 Å². The number of hydrogen-bond donors (Lipinski definition) is 6. The molecule has 0 radical (unpaired) electrons. The summed E-state index contributed by atoms with van der Waals surface area (Å²) in [4.78, 5) is 19.0. The van der Waals surface area contributed by atoms with Gasteiger partial charge in [0.05, 0.1) is 38.4 Å². The van der Waals surface area contributed by atoms with E-state index in [0.717, 1.165) is 35.6 Å². The second-order valence-electron chi connectivity index (χ2n) is 13.3. The SMILES string of the molecule is Cc1cc(C(C)(C)C)c(OP(OCCCCCCCC(C)C)OP(O)O)c(C(C)(C)C)c1.OCC(CO)(CO)CO. The zero-order chi connectivity index (χ0) is 31.9. The molecule has 0 aliphatic rings. The molecule has 0 saturated carbocycles. The van der Waals surface area contributed by atoms with Crippen molar-refractivity contribution < 1.29 is 43.6 Å². The van der Waals surface area contributed by atoms with Gasteiger partial charge in [-0.15, -0.1) is 0 Å². The highest BCUT2D eigenvalue weighted by Gasteiger charge is 2.31. The molecule has 1 atom stereocenters. The summed E-state index contributed by atoms with van der Waals surface area (Å²) in [6, 6.07) is 4.27. The average molecular weight is 625 g/mol. The van der Waals surface area contributed by atoms with E-state index in [4.69, 9.17) is 33.8 Å². The number of aryl methyl sites for hydroxylation is 1. The summed E-state index contributed by atoms with van der Waals surface area (Å²) in [5.41, 5.74) is 1.88. The summed E-state index contributed by atoms with van der Waals surface area (Å²) in [7, 11) is -4.50. The second-order valence-corrected chi connectivity index (χ2v) is 15.3. The van der Waals surface area contributed by atoms with E-state index >= 15 is 0 Å². The van der Waals surface area contributed by atoms with Crippen LogP contribution in [0.2, 0.25) is 0 Å². The van der Waals surface area contributed by atoms with Crippen LogP contribution in [0.25, 0.3) is 0 Å². The van der Waals surface area contributed by atoms with E-state index in [1.807, 2.05) is 0 Å². The fourth-order valence-electron chi connectivity index (χ4n) is 3.81. The molecule has 6 N–H and O–H groups in total. The maximum atomic E-state index is 9.50. The summed E-state index contributed by atoms with van der Waals surface area (Å²) in [5, 5.41) is 34.0. The predicted octanol–water partition coefficient (Wildman–Crippen LogP) is 6.38.